The van der Waals surface area contributed by atoms with Gasteiger partial charge in [0.25, 0.3) is 0 Å². The van der Waals surface area contributed by atoms with Gasteiger partial charge in [-0.15, -0.1) is 11.6 Å². The number of carbonyl (C=O) groups is 1. The van der Waals surface area contributed by atoms with E-state index in [1.807, 2.05) is 0 Å². The van der Waals surface area contributed by atoms with Crippen LogP contribution in [0.25, 0.3) is 0 Å². The highest BCUT2D eigenvalue weighted by molar-refractivity contribution is 6.17. The van der Waals surface area contributed by atoms with Crippen LogP contribution in [0.15, 0.2) is 0 Å². The number of hydrogen-bond acceptors (Lipinski definition) is 3. The predicted octanol–water partition coefficient (Wildman–Crippen LogP) is 2.37. The average Bonchev–Trinajstić information content (AvgIpc) is 2.20. The smallest absolute Gasteiger partial charge is 0.305 e. The minimum absolute atomic E-state index is 0.190. The standard InChI is InChI=1S/C10H19ClO3/c1-2-3-7-13-8-9-14-10(12)5-4-6-11/h2-9H2,1H3. The van der Waals surface area contributed by atoms with E-state index in [4.69, 9.17) is 21.1 Å². The fourth-order valence-corrected chi connectivity index (χ4v) is 0.980. The van der Waals surface area contributed by atoms with E-state index in [-0.39, 0.29) is 5.97 Å². The molecular weight excluding hydrogens is 204 g/mol. The summed E-state index contributed by atoms with van der Waals surface area (Å²) in [6.07, 6.45) is 3.26. The summed E-state index contributed by atoms with van der Waals surface area (Å²) in [6, 6.07) is 0. The molecule has 0 rings (SSSR count). The number of hydrogen-bond donors (Lipinski definition) is 0. The Kier molecular flexibility index (Phi) is 10.6. The molecule has 0 heterocycles. The van der Waals surface area contributed by atoms with Crippen molar-refractivity contribution >= 4 is 17.6 Å². The van der Waals surface area contributed by atoms with E-state index >= 15 is 0 Å². The van der Waals surface area contributed by atoms with Gasteiger partial charge in [0, 0.05) is 18.9 Å². The van der Waals surface area contributed by atoms with E-state index in [1.54, 1.807) is 0 Å². The second-order valence-electron chi connectivity index (χ2n) is 2.98. The molecule has 0 aliphatic rings. The van der Waals surface area contributed by atoms with Crippen LogP contribution in [0.3, 0.4) is 0 Å². The Morgan fingerprint density at radius 2 is 2.00 bits per heavy atom. The Labute approximate surface area is 90.7 Å². The quantitative estimate of drug-likeness (QED) is 0.341. The summed E-state index contributed by atoms with van der Waals surface area (Å²) in [4.78, 5) is 11.0. The summed E-state index contributed by atoms with van der Waals surface area (Å²) in [5.41, 5.74) is 0. The van der Waals surface area contributed by atoms with Gasteiger partial charge < -0.3 is 9.47 Å². The largest absolute Gasteiger partial charge is 0.463 e. The zero-order chi connectivity index (χ0) is 10.6. The summed E-state index contributed by atoms with van der Waals surface area (Å²) in [5, 5.41) is 0. The molecule has 0 aromatic rings. The second kappa shape index (κ2) is 10.8. The molecule has 0 N–H and O–H groups in total. The lowest BCUT2D eigenvalue weighted by Crippen LogP contribution is -2.10. The maximum absolute atomic E-state index is 11.0. The van der Waals surface area contributed by atoms with Crippen molar-refractivity contribution in [3.05, 3.63) is 0 Å². The van der Waals surface area contributed by atoms with Gasteiger partial charge in [0.15, 0.2) is 0 Å². The van der Waals surface area contributed by atoms with E-state index in [0.717, 1.165) is 19.4 Å². The molecule has 0 aromatic heterocycles. The lowest BCUT2D eigenvalue weighted by Gasteiger charge is -2.04. The molecule has 0 aliphatic carbocycles. The third-order valence-corrected chi connectivity index (χ3v) is 1.91. The Hall–Kier alpha value is -0.280. The summed E-state index contributed by atoms with van der Waals surface area (Å²) in [7, 11) is 0. The van der Waals surface area contributed by atoms with Gasteiger partial charge in [0.2, 0.25) is 0 Å². The zero-order valence-electron chi connectivity index (χ0n) is 8.76. The highest BCUT2D eigenvalue weighted by atomic mass is 35.5. The first-order valence-corrected chi connectivity index (χ1v) is 5.64. The summed E-state index contributed by atoms with van der Waals surface area (Å²) < 4.78 is 10.1. The molecule has 3 nitrogen and oxygen atoms in total. The van der Waals surface area contributed by atoms with Crippen LogP contribution in [-0.2, 0) is 14.3 Å². The zero-order valence-corrected chi connectivity index (χ0v) is 9.52. The van der Waals surface area contributed by atoms with Gasteiger partial charge >= 0.3 is 5.97 Å². The molecule has 0 bridgehead atoms. The molecule has 0 spiro atoms. The molecule has 0 saturated carbocycles. The van der Waals surface area contributed by atoms with Crippen LogP contribution in [0.2, 0.25) is 0 Å². The highest BCUT2D eigenvalue weighted by Crippen LogP contribution is 1.95. The Balaban J connectivity index is 3.07. The monoisotopic (exact) mass is 222 g/mol. The molecule has 0 atom stereocenters. The fourth-order valence-electron chi connectivity index (χ4n) is 0.846. The minimum Gasteiger partial charge on any atom is -0.463 e. The number of ether oxygens (including phenoxy) is 2. The van der Waals surface area contributed by atoms with Crippen LogP contribution in [0, 0.1) is 0 Å². The SMILES string of the molecule is CCCCOCCOC(=O)CCCCl. The summed E-state index contributed by atoms with van der Waals surface area (Å²) in [6.45, 7) is 3.70. The Morgan fingerprint density at radius 1 is 1.21 bits per heavy atom. The third-order valence-electron chi connectivity index (χ3n) is 1.65. The first kappa shape index (κ1) is 13.7. The molecular formula is C10H19ClO3. The van der Waals surface area contributed by atoms with Crippen molar-refractivity contribution in [2.75, 3.05) is 25.7 Å². The predicted molar refractivity (Wildman–Crippen MR) is 56.6 cm³/mol. The van der Waals surface area contributed by atoms with E-state index in [2.05, 4.69) is 6.92 Å². The van der Waals surface area contributed by atoms with Crippen LogP contribution >= 0.6 is 11.6 Å². The summed E-state index contributed by atoms with van der Waals surface area (Å²) in [5.74, 6) is 0.312. The average molecular weight is 223 g/mol. The number of alkyl halides is 1. The highest BCUT2D eigenvalue weighted by Gasteiger charge is 2.00. The fraction of sp³-hybridized carbons (Fsp3) is 0.900. The van der Waals surface area contributed by atoms with Gasteiger partial charge in [-0.25, -0.2) is 0 Å². The van der Waals surface area contributed by atoms with Crippen molar-refractivity contribution in [2.45, 2.75) is 32.6 Å². The lowest BCUT2D eigenvalue weighted by molar-refractivity contribution is -0.145. The summed E-state index contributed by atoms with van der Waals surface area (Å²) >= 11 is 5.43. The van der Waals surface area contributed by atoms with Gasteiger partial charge in [-0.3, -0.25) is 4.79 Å². The number of unbranched alkanes of at least 4 members (excludes halogenated alkanes) is 1. The van der Waals surface area contributed by atoms with Gasteiger partial charge in [-0.2, -0.15) is 0 Å². The molecule has 0 aromatic carbocycles. The lowest BCUT2D eigenvalue weighted by atomic mass is 10.3. The normalized spacial score (nSPS) is 10.1. The molecule has 0 aliphatic heterocycles. The van der Waals surface area contributed by atoms with Crippen molar-refractivity contribution in [1.82, 2.24) is 0 Å². The van der Waals surface area contributed by atoms with Gasteiger partial charge in [0.05, 0.1) is 6.61 Å². The number of carbonyl (C=O) groups excluding carboxylic acids is 1. The maximum Gasteiger partial charge on any atom is 0.305 e. The topological polar surface area (TPSA) is 35.5 Å². The van der Waals surface area contributed by atoms with Crippen LogP contribution in [0.1, 0.15) is 32.6 Å². The van der Waals surface area contributed by atoms with Crippen molar-refractivity contribution in [1.29, 1.82) is 0 Å². The maximum atomic E-state index is 11.0. The van der Waals surface area contributed by atoms with Crippen molar-refractivity contribution < 1.29 is 14.3 Å². The van der Waals surface area contributed by atoms with Crippen LogP contribution in [-0.4, -0.2) is 31.7 Å². The van der Waals surface area contributed by atoms with Gasteiger partial charge in [-0.1, -0.05) is 13.3 Å². The van der Waals surface area contributed by atoms with E-state index in [0.29, 0.717) is 31.9 Å². The second-order valence-corrected chi connectivity index (χ2v) is 3.36. The molecule has 0 radical (unpaired) electrons. The Morgan fingerprint density at radius 3 is 2.64 bits per heavy atom. The van der Waals surface area contributed by atoms with Crippen LogP contribution in [0.5, 0.6) is 0 Å². The third kappa shape index (κ3) is 9.81. The van der Waals surface area contributed by atoms with Crippen molar-refractivity contribution in [3.63, 3.8) is 0 Å². The molecule has 0 amide bonds. The number of halogens is 1. The molecule has 4 heteroatoms. The molecule has 14 heavy (non-hydrogen) atoms. The van der Waals surface area contributed by atoms with E-state index in [9.17, 15) is 4.79 Å². The number of rotatable bonds is 9. The van der Waals surface area contributed by atoms with Crippen LogP contribution in [0.4, 0.5) is 0 Å². The molecule has 0 unspecified atom stereocenters. The molecule has 0 saturated heterocycles. The van der Waals surface area contributed by atoms with E-state index < -0.39 is 0 Å². The van der Waals surface area contributed by atoms with Crippen LogP contribution < -0.4 is 0 Å². The number of esters is 1. The first-order valence-electron chi connectivity index (χ1n) is 5.10. The molecule has 0 fully saturated rings. The van der Waals surface area contributed by atoms with Gasteiger partial charge in [-0.05, 0) is 12.8 Å². The molecule has 84 valence electrons. The first-order chi connectivity index (χ1) is 6.81. The van der Waals surface area contributed by atoms with Crippen molar-refractivity contribution in [3.8, 4) is 0 Å². The van der Waals surface area contributed by atoms with Crippen molar-refractivity contribution in [2.24, 2.45) is 0 Å². The Bertz CT molecular complexity index is 139. The minimum atomic E-state index is -0.190. The van der Waals surface area contributed by atoms with E-state index in [1.165, 1.54) is 0 Å². The van der Waals surface area contributed by atoms with Gasteiger partial charge in [0.1, 0.15) is 6.61 Å².